The number of carbonyl (C=O) groups excluding carboxylic acids is 1. The second-order valence-electron chi connectivity index (χ2n) is 9.27. The summed E-state index contributed by atoms with van der Waals surface area (Å²) in [5, 5.41) is 3.35. The van der Waals surface area contributed by atoms with E-state index in [0.717, 1.165) is 61.2 Å². The van der Waals surface area contributed by atoms with Gasteiger partial charge in [0.25, 0.3) is 5.91 Å². The number of hydrogen-bond acceptors (Lipinski definition) is 5. The first-order valence-electron chi connectivity index (χ1n) is 10.8. The lowest BCUT2D eigenvalue weighted by atomic mass is 9.98. The van der Waals surface area contributed by atoms with Gasteiger partial charge in [-0.25, -0.2) is 9.97 Å². The lowest BCUT2D eigenvalue weighted by Gasteiger charge is -2.34. The van der Waals surface area contributed by atoms with Crippen LogP contribution in [0.1, 0.15) is 53.2 Å². The Morgan fingerprint density at radius 3 is 2.48 bits per heavy atom. The second kappa shape index (κ2) is 8.55. The summed E-state index contributed by atoms with van der Waals surface area (Å²) in [5.41, 5.74) is 3.96. The van der Waals surface area contributed by atoms with Crippen LogP contribution >= 0.6 is 11.3 Å². The zero-order chi connectivity index (χ0) is 22.2. The van der Waals surface area contributed by atoms with E-state index in [1.54, 1.807) is 17.5 Å². The molecule has 3 aromatic rings. The lowest BCUT2D eigenvalue weighted by molar-refractivity contribution is 0.0626. The maximum absolute atomic E-state index is 13.3. The van der Waals surface area contributed by atoms with Crippen LogP contribution in [0.2, 0.25) is 0 Å². The average Bonchev–Trinajstić information content (AvgIpc) is 3.33. The fourth-order valence-corrected chi connectivity index (χ4v) is 4.95. The normalized spacial score (nSPS) is 15.5. The van der Waals surface area contributed by atoms with Gasteiger partial charge in [-0.05, 0) is 32.0 Å². The second-order valence-corrected chi connectivity index (χ2v) is 10.1. The minimum atomic E-state index is 0.0930. The number of aryl methyl sites for hydroxylation is 1. The highest BCUT2D eigenvalue weighted by Gasteiger charge is 2.26. The number of rotatable bonds is 4. The number of pyridine rings is 1. The van der Waals surface area contributed by atoms with E-state index in [9.17, 15) is 4.79 Å². The van der Waals surface area contributed by atoms with Gasteiger partial charge in [0.2, 0.25) is 0 Å². The van der Waals surface area contributed by atoms with Crippen molar-refractivity contribution in [2.75, 3.05) is 26.2 Å². The molecule has 0 spiro atoms. The van der Waals surface area contributed by atoms with Crippen LogP contribution in [0.15, 0.2) is 35.8 Å². The zero-order valence-corrected chi connectivity index (χ0v) is 19.9. The van der Waals surface area contributed by atoms with Gasteiger partial charge in [0, 0.05) is 61.1 Å². The molecular formula is C24H31N5OS. The third-order valence-corrected chi connectivity index (χ3v) is 7.10. The smallest absolute Gasteiger partial charge is 0.255 e. The van der Waals surface area contributed by atoms with Crippen molar-refractivity contribution in [1.29, 1.82) is 0 Å². The molecule has 1 amide bonds. The third kappa shape index (κ3) is 4.57. The highest BCUT2D eigenvalue weighted by molar-refractivity contribution is 7.09. The predicted molar refractivity (Wildman–Crippen MR) is 125 cm³/mol. The summed E-state index contributed by atoms with van der Waals surface area (Å²) in [4.78, 5) is 26.9. The summed E-state index contributed by atoms with van der Waals surface area (Å²) < 4.78 is 2.05. The molecule has 1 aliphatic heterocycles. The lowest BCUT2D eigenvalue weighted by Crippen LogP contribution is -2.48. The van der Waals surface area contributed by atoms with Gasteiger partial charge < -0.3 is 9.47 Å². The van der Waals surface area contributed by atoms with Crippen molar-refractivity contribution in [2.45, 2.75) is 46.6 Å². The maximum atomic E-state index is 13.3. The van der Waals surface area contributed by atoms with Gasteiger partial charge in [0.1, 0.15) is 5.82 Å². The fourth-order valence-electron chi connectivity index (χ4n) is 4.05. The van der Waals surface area contributed by atoms with E-state index in [-0.39, 0.29) is 11.3 Å². The van der Waals surface area contributed by atoms with Crippen LogP contribution in [0.25, 0.3) is 5.82 Å². The van der Waals surface area contributed by atoms with Crippen LogP contribution in [0.3, 0.4) is 0 Å². The molecule has 1 saturated heterocycles. The van der Waals surface area contributed by atoms with Crippen molar-refractivity contribution in [1.82, 2.24) is 24.3 Å². The topological polar surface area (TPSA) is 54.3 Å². The van der Waals surface area contributed by atoms with Crippen molar-refractivity contribution in [3.63, 3.8) is 0 Å². The molecule has 0 unspecified atom stereocenters. The Morgan fingerprint density at radius 2 is 1.87 bits per heavy atom. The minimum absolute atomic E-state index is 0.0930. The third-order valence-electron chi connectivity index (χ3n) is 5.78. The molecule has 164 valence electrons. The molecule has 31 heavy (non-hydrogen) atoms. The Bertz CT molecular complexity index is 1060. The predicted octanol–water partition coefficient (Wildman–Crippen LogP) is 4.20. The Hall–Kier alpha value is -2.51. The summed E-state index contributed by atoms with van der Waals surface area (Å²) in [5.74, 6) is 0.956. The number of thiazole rings is 1. The number of aromatic nitrogens is 3. The van der Waals surface area contributed by atoms with Gasteiger partial charge in [-0.3, -0.25) is 9.69 Å². The molecule has 0 atom stereocenters. The van der Waals surface area contributed by atoms with Crippen molar-refractivity contribution in [3.8, 4) is 5.82 Å². The van der Waals surface area contributed by atoms with Gasteiger partial charge >= 0.3 is 0 Å². The molecule has 4 rings (SSSR count). The quantitative estimate of drug-likeness (QED) is 0.614. The van der Waals surface area contributed by atoms with Gasteiger partial charge in [-0.15, -0.1) is 11.3 Å². The van der Waals surface area contributed by atoms with E-state index >= 15 is 0 Å². The average molecular weight is 438 g/mol. The number of carbonyl (C=O) groups is 1. The van der Waals surface area contributed by atoms with Crippen molar-refractivity contribution >= 4 is 17.2 Å². The van der Waals surface area contributed by atoms with E-state index < -0.39 is 0 Å². The number of amides is 1. The first-order valence-corrected chi connectivity index (χ1v) is 11.7. The molecule has 1 fully saturated rings. The molecule has 0 bridgehead atoms. The first kappa shape index (κ1) is 21.7. The molecule has 3 aromatic heterocycles. The molecule has 0 N–H and O–H groups in total. The molecular weight excluding hydrogens is 406 g/mol. The van der Waals surface area contributed by atoms with Gasteiger partial charge in [0.05, 0.1) is 16.3 Å². The summed E-state index contributed by atoms with van der Waals surface area (Å²) in [6, 6.07) is 7.83. The molecule has 0 aliphatic carbocycles. The Labute approximate surface area is 188 Å². The Morgan fingerprint density at radius 1 is 1.13 bits per heavy atom. The SMILES string of the molecule is Cc1cc(C(=O)N2CCN(Cc3csc(C(C)(C)C)n3)CC2)c(C)n1-c1ccccn1. The standard InChI is InChI=1S/C24H31N5OS/c1-17-14-20(18(2)29(17)21-8-6-7-9-25-21)22(30)28-12-10-27(11-13-28)15-19-16-31-23(26-19)24(3,4)5/h6-9,14,16H,10-13,15H2,1-5H3. The van der Waals surface area contributed by atoms with Crippen LogP contribution in [-0.2, 0) is 12.0 Å². The molecule has 7 heteroatoms. The van der Waals surface area contributed by atoms with Crippen molar-refractivity contribution < 1.29 is 4.79 Å². The van der Waals surface area contributed by atoms with Crippen molar-refractivity contribution in [2.24, 2.45) is 0 Å². The fraction of sp³-hybridized carbons (Fsp3) is 0.458. The summed E-state index contributed by atoms with van der Waals surface area (Å²) in [6.07, 6.45) is 1.78. The summed E-state index contributed by atoms with van der Waals surface area (Å²) in [7, 11) is 0. The van der Waals surface area contributed by atoms with Gasteiger partial charge in [0.15, 0.2) is 0 Å². The van der Waals surface area contributed by atoms with Crippen LogP contribution in [-0.4, -0.2) is 56.4 Å². The first-order chi connectivity index (χ1) is 14.7. The summed E-state index contributed by atoms with van der Waals surface area (Å²) in [6.45, 7) is 14.7. The zero-order valence-electron chi connectivity index (χ0n) is 19.1. The Kier molecular flexibility index (Phi) is 5.99. The van der Waals surface area contributed by atoms with E-state index in [1.165, 1.54) is 5.01 Å². The highest BCUT2D eigenvalue weighted by atomic mass is 32.1. The Balaban J connectivity index is 1.40. The monoisotopic (exact) mass is 437 g/mol. The molecule has 4 heterocycles. The molecule has 0 radical (unpaired) electrons. The number of piperazine rings is 1. The van der Waals surface area contributed by atoms with Crippen LogP contribution < -0.4 is 0 Å². The minimum Gasteiger partial charge on any atom is -0.336 e. The number of nitrogens with zero attached hydrogens (tertiary/aromatic N) is 5. The molecule has 0 saturated carbocycles. The van der Waals surface area contributed by atoms with Crippen LogP contribution in [0, 0.1) is 13.8 Å². The van der Waals surface area contributed by atoms with Crippen molar-refractivity contribution in [3.05, 3.63) is 63.5 Å². The van der Waals surface area contributed by atoms with E-state index in [0.29, 0.717) is 0 Å². The van der Waals surface area contributed by atoms with E-state index in [1.807, 2.05) is 43.0 Å². The highest BCUT2D eigenvalue weighted by Crippen LogP contribution is 2.26. The maximum Gasteiger partial charge on any atom is 0.255 e. The molecule has 0 aromatic carbocycles. The van der Waals surface area contributed by atoms with Gasteiger partial charge in [-0.2, -0.15) is 0 Å². The van der Waals surface area contributed by atoms with Crippen LogP contribution in [0.4, 0.5) is 0 Å². The summed E-state index contributed by atoms with van der Waals surface area (Å²) >= 11 is 1.74. The number of hydrogen-bond donors (Lipinski definition) is 0. The molecule has 1 aliphatic rings. The largest absolute Gasteiger partial charge is 0.336 e. The van der Waals surface area contributed by atoms with Crippen LogP contribution in [0.5, 0.6) is 0 Å². The van der Waals surface area contributed by atoms with Gasteiger partial charge in [-0.1, -0.05) is 26.8 Å². The van der Waals surface area contributed by atoms with E-state index in [4.69, 9.17) is 4.98 Å². The van der Waals surface area contributed by atoms with E-state index in [2.05, 4.69) is 40.6 Å². The molecule has 6 nitrogen and oxygen atoms in total.